The highest BCUT2D eigenvalue weighted by Gasteiger charge is 2.66. The van der Waals surface area contributed by atoms with Crippen molar-refractivity contribution < 1.29 is 0 Å². The van der Waals surface area contributed by atoms with Crippen LogP contribution < -0.4 is 0 Å². The Kier molecular flexibility index (Phi) is 11.6. The van der Waals surface area contributed by atoms with E-state index in [1.807, 2.05) is 0 Å². The molecular formula is C36H84Si8-2. The second kappa shape index (κ2) is 11.6. The van der Waals surface area contributed by atoms with E-state index in [4.69, 9.17) is 0 Å². The van der Waals surface area contributed by atoms with E-state index in [1.165, 1.54) is 0 Å². The summed E-state index contributed by atoms with van der Waals surface area (Å²) in [6, 6.07) is 0. The minimum atomic E-state index is -1.76. The first-order valence-electron chi connectivity index (χ1n) is 18.0. The van der Waals surface area contributed by atoms with Crippen molar-refractivity contribution in [1.29, 1.82) is 0 Å². The van der Waals surface area contributed by atoms with Gasteiger partial charge in [0.1, 0.15) is 0 Å². The third-order valence-electron chi connectivity index (χ3n) is 15.0. The molecule has 8 heteroatoms. The zero-order valence-corrected chi connectivity index (χ0v) is 44.0. The fourth-order valence-corrected chi connectivity index (χ4v) is 353. The highest BCUT2D eigenvalue weighted by Crippen LogP contribution is 2.67. The Morgan fingerprint density at radius 3 is 0.500 bits per heavy atom. The average molecular weight is 742 g/mol. The molecule has 1 fully saturated rings. The summed E-state index contributed by atoms with van der Waals surface area (Å²) in [4.78, 5) is 0. The van der Waals surface area contributed by atoms with Gasteiger partial charge in [-0.05, 0) is 35.3 Å². The van der Waals surface area contributed by atoms with Crippen LogP contribution in [0.15, 0.2) is 0 Å². The van der Waals surface area contributed by atoms with Crippen LogP contribution >= 0.6 is 0 Å². The monoisotopic (exact) mass is 740 g/mol. The quantitative estimate of drug-likeness (QED) is 0.252. The Labute approximate surface area is 290 Å². The Hall–Kier alpha value is 1.74. The molecule has 2 radical (unpaired) electrons. The molecule has 0 aromatic carbocycles. The molecule has 0 aromatic heterocycles. The molecule has 1 saturated heterocycles. The van der Waals surface area contributed by atoms with E-state index in [1.54, 1.807) is 0 Å². The Balaban J connectivity index is 4.95. The molecule has 1 aliphatic rings. The molecule has 1 aliphatic heterocycles. The maximum Gasteiger partial charge on any atom is -0.0158 e. The van der Waals surface area contributed by atoms with Crippen LogP contribution in [0.5, 0.6) is 0 Å². The minimum absolute atomic E-state index is 0.441. The lowest BCUT2D eigenvalue weighted by atomic mass is 10.2. The smallest absolute Gasteiger partial charge is 0.0158 e. The summed E-state index contributed by atoms with van der Waals surface area (Å²) in [6.45, 7) is 78.1. The molecular weight excluding hydrogens is 657 g/mol. The molecule has 262 valence electrons. The van der Waals surface area contributed by atoms with Crippen molar-refractivity contribution in [3.8, 4) is 0 Å². The van der Waals surface area contributed by atoms with Gasteiger partial charge in [-0.15, -0.1) is 0 Å². The number of hydrogen-bond acceptors (Lipinski definition) is 0. The Morgan fingerprint density at radius 1 is 0.273 bits per heavy atom. The van der Waals surface area contributed by atoms with Crippen molar-refractivity contribution in [3.05, 3.63) is 0 Å². The Bertz CT molecular complexity index is 788. The van der Waals surface area contributed by atoms with Crippen LogP contribution in [0.25, 0.3) is 0 Å². The molecule has 0 N–H and O–H groups in total. The molecule has 1 rings (SSSR count). The molecule has 0 atom stereocenters. The predicted molar refractivity (Wildman–Crippen MR) is 227 cm³/mol. The van der Waals surface area contributed by atoms with Crippen molar-refractivity contribution in [2.75, 3.05) is 0 Å². The first-order chi connectivity index (χ1) is 18.5. The second-order valence-corrected chi connectivity index (χ2v) is 96.0. The summed E-state index contributed by atoms with van der Waals surface area (Å²) < 4.78 is 0. The lowest BCUT2D eigenvalue weighted by Crippen LogP contribution is -3.05. The van der Waals surface area contributed by atoms with Crippen LogP contribution in [0.2, 0.25) is 66.5 Å². The van der Waals surface area contributed by atoms with Gasteiger partial charge in [-0.25, -0.2) is 0 Å². The number of rotatable bonds is 4. The summed E-state index contributed by atoms with van der Waals surface area (Å²) in [7, 11) is -9.13. The van der Waals surface area contributed by atoms with E-state index >= 15 is 0 Å². The number of hydrogen-bond donors (Lipinski definition) is 0. The first kappa shape index (κ1) is 43.8. The summed E-state index contributed by atoms with van der Waals surface area (Å²) in [5.74, 6) is 0. The zero-order valence-electron chi connectivity index (χ0n) is 36.0. The summed E-state index contributed by atoms with van der Waals surface area (Å²) >= 11 is 0. The van der Waals surface area contributed by atoms with Crippen LogP contribution in [0.4, 0.5) is 0 Å². The van der Waals surface area contributed by atoms with Gasteiger partial charge in [0, 0.05) is 0 Å². The fraction of sp³-hybridized carbons (Fsp3) is 1.00. The van der Waals surface area contributed by atoms with E-state index in [0.29, 0.717) is 40.3 Å². The predicted octanol–water partition coefficient (Wildman–Crippen LogP) is 13.3. The van der Waals surface area contributed by atoms with E-state index in [-0.39, 0.29) is 0 Å². The van der Waals surface area contributed by atoms with E-state index in [2.05, 4.69) is 192 Å². The molecule has 0 saturated carbocycles. The van der Waals surface area contributed by atoms with Crippen LogP contribution in [0.3, 0.4) is 0 Å². The molecule has 0 aliphatic carbocycles. The van der Waals surface area contributed by atoms with Crippen LogP contribution in [0, 0.1) is 0 Å². The average Bonchev–Trinajstić information content (AvgIpc) is 2.65. The van der Waals surface area contributed by atoms with Crippen molar-refractivity contribution in [1.82, 2.24) is 0 Å². The van der Waals surface area contributed by atoms with Gasteiger partial charge in [-0.1, -0.05) is 228 Å². The van der Waals surface area contributed by atoms with Crippen molar-refractivity contribution in [2.24, 2.45) is 0 Å². The topological polar surface area (TPSA) is 0 Å². The van der Waals surface area contributed by atoms with Crippen molar-refractivity contribution >= 4 is 59.8 Å². The standard InChI is InChI=1S/C36H84Si8/c1-29(2,3)41(25,30(4,5)6)37-38(42(26,31(7,8)9)32(10,11)12)40(44(28,35(19,20)21)36(22,23)24)39(37)43(27,33(13,14)15)34(16,17)18/h1-28H3/q-2. The Morgan fingerprint density at radius 2 is 0.409 bits per heavy atom. The molecule has 0 nitrogen and oxygen atoms in total. The SMILES string of the molecule is CC(C)(C)[Si](C)([Si]1[Si-]([Si](C)(C(C)(C)C)C(C)(C)C)[Si]([Si](C)(C(C)(C)C)C(C)(C)C)[Si-]1[Si](C)(C(C)(C)C)C(C)(C)C)C(C)(C)C. The second-order valence-electron chi connectivity index (χ2n) is 24.0. The highest BCUT2D eigenvalue weighted by molar-refractivity contribution is 8.28. The van der Waals surface area contributed by atoms with Gasteiger partial charge in [0.25, 0.3) is 0 Å². The summed E-state index contributed by atoms with van der Waals surface area (Å²) in [5, 5.41) is 3.53. The van der Waals surface area contributed by atoms with Gasteiger partial charge >= 0.3 is 0 Å². The highest BCUT2D eigenvalue weighted by atomic mass is 30.5. The van der Waals surface area contributed by atoms with Gasteiger partial charge in [-0.2, -0.15) is 0 Å². The largest absolute Gasteiger partial charge is 0.335 e. The maximum absolute atomic E-state index is 3.04. The molecule has 0 amide bonds. The van der Waals surface area contributed by atoms with E-state index < -0.39 is 59.8 Å². The third kappa shape index (κ3) is 6.17. The van der Waals surface area contributed by atoms with Gasteiger partial charge < -0.3 is 29.4 Å². The van der Waals surface area contributed by atoms with E-state index in [9.17, 15) is 0 Å². The molecule has 44 heavy (non-hydrogen) atoms. The van der Waals surface area contributed by atoms with Gasteiger partial charge in [-0.3, -0.25) is 0 Å². The van der Waals surface area contributed by atoms with Crippen LogP contribution in [-0.2, 0) is 0 Å². The molecule has 0 unspecified atom stereocenters. The summed E-state index contributed by atoms with van der Waals surface area (Å²) in [6.07, 6.45) is 0. The van der Waals surface area contributed by atoms with Crippen molar-refractivity contribution in [3.63, 3.8) is 0 Å². The van der Waals surface area contributed by atoms with Crippen molar-refractivity contribution in [2.45, 2.75) is 233 Å². The van der Waals surface area contributed by atoms with Crippen LogP contribution in [0.1, 0.15) is 166 Å². The molecule has 0 bridgehead atoms. The summed E-state index contributed by atoms with van der Waals surface area (Å²) in [5.41, 5.74) is 0. The van der Waals surface area contributed by atoms with Gasteiger partial charge in [0.15, 0.2) is 0 Å². The molecule has 0 spiro atoms. The molecule has 1 heterocycles. The van der Waals surface area contributed by atoms with Gasteiger partial charge in [0.05, 0.1) is 0 Å². The maximum atomic E-state index is 3.04. The third-order valence-corrected chi connectivity index (χ3v) is 189. The van der Waals surface area contributed by atoms with Crippen LogP contribution in [-0.4, -0.2) is 59.8 Å². The normalized spacial score (nSPS) is 19.9. The van der Waals surface area contributed by atoms with Gasteiger partial charge in [0.2, 0.25) is 0 Å². The lowest BCUT2D eigenvalue weighted by Gasteiger charge is -2.98. The minimum Gasteiger partial charge on any atom is -0.335 e. The zero-order chi connectivity index (χ0) is 36.3. The molecule has 0 aromatic rings. The first-order valence-corrected chi connectivity index (χ1v) is 42.0. The van der Waals surface area contributed by atoms with E-state index in [0.717, 1.165) is 0 Å². The fourth-order valence-electron chi connectivity index (χ4n) is 9.94. The lowest BCUT2D eigenvalue weighted by molar-refractivity contribution is 0.630.